The Hall–Kier alpha value is -1.52. The van der Waals surface area contributed by atoms with E-state index in [0.29, 0.717) is 25.2 Å². The molecule has 10 heteroatoms. The number of halogens is 6. The van der Waals surface area contributed by atoms with Crippen molar-refractivity contribution in [1.29, 1.82) is 0 Å². The van der Waals surface area contributed by atoms with E-state index in [1.807, 2.05) is 0 Å². The molecule has 0 aromatic heterocycles. The lowest BCUT2D eigenvalue weighted by atomic mass is 9.91. The van der Waals surface area contributed by atoms with Crippen LogP contribution in [0.4, 0.5) is 32.0 Å². The van der Waals surface area contributed by atoms with Crippen molar-refractivity contribution < 1.29 is 40.6 Å². The van der Waals surface area contributed by atoms with Crippen LogP contribution < -0.4 is 5.73 Å². The monoisotopic (exact) mass is 387 g/mol. The van der Waals surface area contributed by atoms with Crippen molar-refractivity contribution in [2.75, 3.05) is 25.6 Å². The third kappa shape index (κ3) is 4.41. The van der Waals surface area contributed by atoms with E-state index in [9.17, 15) is 26.3 Å². The molecule has 1 atom stereocenters. The summed E-state index contributed by atoms with van der Waals surface area (Å²) in [6.45, 7) is -0.942. The number of rotatable bonds is 6. The number of anilines is 1. The van der Waals surface area contributed by atoms with E-state index >= 15 is 0 Å². The fraction of sp³-hybridized carbons (Fsp3) is 0.625. The molecular weight excluding hydrogens is 368 g/mol. The summed E-state index contributed by atoms with van der Waals surface area (Å²) in [5.41, 5.74) is -0.177. The average molecular weight is 387 g/mol. The molecule has 4 nitrogen and oxygen atoms in total. The fourth-order valence-electron chi connectivity index (χ4n) is 2.67. The van der Waals surface area contributed by atoms with E-state index in [4.69, 9.17) is 15.2 Å². The topological polar surface area (TPSA) is 53.7 Å². The van der Waals surface area contributed by atoms with Crippen LogP contribution in [0.1, 0.15) is 24.8 Å². The maximum Gasteiger partial charge on any atom is 0.430 e. The zero-order chi connectivity index (χ0) is 19.4. The van der Waals surface area contributed by atoms with Gasteiger partial charge in [-0.2, -0.15) is 26.3 Å². The number of ether oxygens (including phenoxy) is 3. The summed E-state index contributed by atoms with van der Waals surface area (Å²) < 4.78 is 95.8. The minimum atomic E-state index is -5.73. The normalized spacial score (nSPS) is 19.5. The van der Waals surface area contributed by atoms with Crippen LogP contribution in [0.25, 0.3) is 0 Å². The molecule has 1 heterocycles. The number of hydrogen-bond acceptors (Lipinski definition) is 4. The van der Waals surface area contributed by atoms with E-state index in [0.717, 1.165) is 25.0 Å². The molecule has 2 rings (SSSR count). The Morgan fingerprint density at radius 3 is 2.08 bits per heavy atom. The first-order valence-electron chi connectivity index (χ1n) is 7.94. The van der Waals surface area contributed by atoms with Gasteiger partial charge in [0.15, 0.2) is 6.29 Å². The molecule has 1 saturated heterocycles. The molecule has 1 aliphatic heterocycles. The molecule has 0 amide bonds. The maximum absolute atomic E-state index is 13.5. The second-order valence-corrected chi connectivity index (χ2v) is 5.81. The van der Waals surface area contributed by atoms with E-state index in [1.165, 1.54) is 0 Å². The Labute approximate surface area is 146 Å². The van der Waals surface area contributed by atoms with Gasteiger partial charge in [-0.25, -0.2) is 0 Å². The first-order valence-corrected chi connectivity index (χ1v) is 7.94. The van der Waals surface area contributed by atoms with E-state index in [-0.39, 0.29) is 5.69 Å². The largest absolute Gasteiger partial charge is 0.430 e. The quantitative estimate of drug-likeness (QED) is 0.453. The molecule has 148 valence electrons. The predicted octanol–water partition coefficient (Wildman–Crippen LogP) is 4.15. The summed E-state index contributed by atoms with van der Waals surface area (Å²) in [6.07, 6.45) is -9.94. The summed E-state index contributed by atoms with van der Waals surface area (Å²) in [5.74, 6) is 0. The molecule has 1 aliphatic rings. The molecule has 26 heavy (non-hydrogen) atoms. The van der Waals surface area contributed by atoms with E-state index in [2.05, 4.69) is 4.74 Å². The highest BCUT2D eigenvalue weighted by molar-refractivity contribution is 5.42. The van der Waals surface area contributed by atoms with Gasteiger partial charge in [-0.1, -0.05) is 12.1 Å². The van der Waals surface area contributed by atoms with Gasteiger partial charge in [0.25, 0.3) is 5.60 Å². The van der Waals surface area contributed by atoms with E-state index in [1.54, 1.807) is 0 Å². The lowest BCUT2D eigenvalue weighted by Crippen LogP contribution is -2.56. The van der Waals surface area contributed by atoms with Crippen LogP contribution in [0.15, 0.2) is 24.3 Å². The van der Waals surface area contributed by atoms with Crippen molar-refractivity contribution in [3.05, 3.63) is 29.8 Å². The molecule has 2 N–H and O–H groups in total. The lowest BCUT2D eigenvalue weighted by Gasteiger charge is -2.37. The van der Waals surface area contributed by atoms with Gasteiger partial charge in [0, 0.05) is 17.9 Å². The van der Waals surface area contributed by atoms with Crippen LogP contribution in [0.3, 0.4) is 0 Å². The van der Waals surface area contributed by atoms with Crippen molar-refractivity contribution >= 4 is 5.69 Å². The molecule has 1 aromatic rings. The highest BCUT2D eigenvalue weighted by Crippen LogP contribution is 2.52. The number of nitrogens with two attached hydrogens (primary N) is 1. The maximum atomic E-state index is 13.5. The molecule has 0 bridgehead atoms. The van der Waals surface area contributed by atoms with Gasteiger partial charge in [0.05, 0.1) is 13.2 Å². The highest BCUT2D eigenvalue weighted by Gasteiger charge is 2.73. The van der Waals surface area contributed by atoms with Crippen LogP contribution in [-0.2, 0) is 19.8 Å². The van der Waals surface area contributed by atoms with Crippen molar-refractivity contribution in [3.8, 4) is 0 Å². The van der Waals surface area contributed by atoms with Crippen LogP contribution >= 0.6 is 0 Å². The minimum Gasteiger partial charge on any atom is -0.399 e. The van der Waals surface area contributed by atoms with Crippen LogP contribution in [0.5, 0.6) is 0 Å². The molecule has 1 aromatic carbocycles. The van der Waals surface area contributed by atoms with Crippen molar-refractivity contribution in [2.24, 2.45) is 0 Å². The Kier molecular flexibility index (Phi) is 6.41. The fourth-order valence-corrected chi connectivity index (χ4v) is 2.67. The zero-order valence-corrected chi connectivity index (χ0v) is 13.7. The molecule has 0 aliphatic carbocycles. The first kappa shape index (κ1) is 20.8. The molecular formula is C16H19F6NO3. The second kappa shape index (κ2) is 8.01. The number of benzene rings is 1. The second-order valence-electron chi connectivity index (χ2n) is 5.81. The third-order valence-corrected chi connectivity index (χ3v) is 3.96. The Morgan fingerprint density at radius 2 is 1.58 bits per heavy atom. The molecule has 0 saturated carbocycles. The number of alkyl halides is 6. The molecule has 1 unspecified atom stereocenters. The lowest BCUT2D eigenvalue weighted by molar-refractivity contribution is -0.391. The summed E-state index contributed by atoms with van der Waals surface area (Å²) >= 11 is 0. The highest BCUT2D eigenvalue weighted by atomic mass is 19.4. The van der Waals surface area contributed by atoms with Crippen molar-refractivity contribution in [2.45, 2.75) is 43.5 Å². The van der Waals surface area contributed by atoms with Gasteiger partial charge in [-0.3, -0.25) is 0 Å². The minimum absolute atomic E-state index is 0.0322. The molecule has 0 radical (unpaired) electrons. The molecule has 1 fully saturated rings. The Bertz CT molecular complexity index is 553. The number of hydrogen-bond donors (Lipinski definition) is 1. The number of nitrogen functional groups attached to an aromatic ring is 1. The SMILES string of the molecule is Nc1ccc(C(OCCOC2CCCCO2)(C(F)(F)F)C(F)(F)F)cc1. The van der Waals surface area contributed by atoms with Gasteiger partial charge in [-0.15, -0.1) is 0 Å². The van der Waals surface area contributed by atoms with Crippen molar-refractivity contribution in [1.82, 2.24) is 0 Å². The van der Waals surface area contributed by atoms with Crippen LogP contribution in [0, 0.1) is 0 Å². The van der Waals surface area contributed by atoms with Crippen LogP contribution in [0.2, 0.25) is 0 Å². The Morgan fingerprint density at radius 1 is 0.962 bits per heavy atom. The summed E-state index contributed by atoms with van der Waals surface area (Å²) in [4.78, 5) is 0. The molecule has 0 spiro atoms. The zero-order valence-electron chi connectivity index (χ0n) is 13.7. The van der Waals surface area contributed by atoms with Gasteiger partial charge < -0.3 is 19.9 Å². The van der Waals surface area contributed by atoms with Gasteiger partial charge in [0.1, 0.15) is 0 Å². The van der Waals surface area contributed by atoms with E-state index < -0.39 is 43.0 Å². The summed E-state index contributed by atoms with van der Waals surface area (Å²) in [5, 5.41) is 0. The smallest absolute Gasteiger partial charge is 0.399 e. The first-order chi connectivity index (χ1) is 12.1. The summed E-state index contributed by atoms with van der Waals surface area (Å²) in [7, 11) is 0. The Balaban J connectivity index is 2.18. The standard InChI is InChI=1S/C16H19F6NO3/c17-15(18,19)14(16(20,21)22,11-4-6-12(23)7-5-11)26-10-9-25-13-3-1-2-8-24-13/h4-7,13H,1-3,8-10,23H2. The van der Waals surface area contributed by atoms with Gasteiger partial charge in [-0.05, 0) is 31.4 Å². The predicted molar refractivity (Wildman–Crippen MR) is 80.1 cm³/mol. The van der Waals surface area contributed by atoms with Gasteiger partial charge >= 0.3 is 12.4 Å². The third-order valence-electron chi connectivity index (χ3n) is 3.96. The van der Waals surface area contributed by atoms with Crippen LogP contribution in [-0.4, -0.2) is 38.5 Å². The van der Waals surface area contributed by atoms with Crippen molar-refractivity contribution in [3.63, 3.8) is 0 Å². The average Bonchev–Trinajstić information content (AvgIpc) is 2.54. The van der Waals surface area contributed by atoms with Gasteiger partial charge in [0.2, 0.25) is 0 Å². The summed E-state index contributed by atoms with van der Waals surface area (Å²) in [6, 6.07) is 3.22.